The van der Waals surface area contributed by atoms with E-state index in [1.165, 1.54) is 5.56 Å². The smallest absolute Gasteiger partial charge is 0.251 e. The second-order valence-corrected chi connectivity index (χ2v) is 8.70. The zero-order valence-corrected chi connectivity index (χ0v) is 20.5. The molecule has 0 saturated carbocycles. The van der Waals surface area contributed by atoms with Crippen LogP contribution < -0.4 is 10.6 Å². The molecular formula is C30H29N3O3. The van der Waals surface area contributed by atoms with E-state index < -0.39 is 0 Å². The molecule has 2 N–H and O–H groups in total. The summed E-state index contributed by atoms with van der Waals surface area (Å²) < 4.78 is 0. The summed E-state index contributed by atoms with van der Waals surface area (Å²) in [5, 5.41) is 5.23. The molecule has 1 heterocycles. The molecule has 0 atom stereocenters. The molecule has 0 unspecified atom stereocenters. The number of piperidine rings is 1. The molecule has 4 rings (SSSR count). The first kappa shape index (κ1) is 24.8. The van der Waals surface area contributed by atoms with Crippen molar-refractivity contribution >= 4 is 29.7 Å². The summed E-state index contributed by atoms with van der Waals surface area (Å²) in [6, 6.07) is 24.6. The van der Waals surface area contributed by atoms with E-state index in [0.29, 0.717) is 41.9 Å². The fourth-order valence-electron chi connectivity index (χ4n) is 4.22. The van der Waals surface area contributed by atoms with Gasteiger partial charge in [0.15, 0.2) is 5.78 Å². The van der Waals surface area contributed by atoms with Crippen molar-refractivity contribution in [3.8, 4) is 0 Å². The molecule has 3 aromatic rings. The zero-order valence-electron chi connectivity index (χ0n) is 20.5. The average molecular weight is 480 g/mol. The third kappa shape index (κ3) is 6.03. The number of nitrogens with one attached hydrogen (secondary N) is 2. The van der Waals surface area contributed by atoms with Gasteiger partial charge in [0.1, 0.15) is 0 Å². The minimum absolute atomic E-state index is 0.00469. The number of ketones is 1. The third-order valence-electron chi connectivity index (χ3n) is 6.10. The Labute approximate surface area is 211 Å². The van der Waals surface area contributed by atoms with Crippen LogP contribution in [0.4, 0.5) is 0 Å². The lowest BCUT2D eigenvalue weighted by atomic mass is 9.93. The highest BCUT2D eigenvalue weighted by Crippen LogP contribution is 2.24. The minimum Gasteiger partial charge on any atom is -0.355 e. The number of carbonyl (C=O) groups is 3. The number of amides is 2. The molecule has 1 saturated heterocycles. The van der Waals surface area contributed by atoms with E-state index >= 15 is 0 Å². The van der Waals surface area contributed by atoms with Gasteiger partial charge < -0.3 is 10.6 Å². The molecule has 1 aliphatic heterocycles. The molecule has 1 aliphatic rings. The summed E-state index contributed by atoms with van der Waals surface area (Å²) >= 11 is 0. The Morgan fingerprint density at radius 2 is 1.17 bits per heavy atom. The van der Waals surface area contributed by atoms with Crippen LogP contribution in [-0.2, 0) is 11.3 Å². The van der Waals surface area contributed by atoms with E-state index in [-0.39, 0.29) is 17.6 Å². The maximum absolute atomic E-state index is 13.5. The first-order valence-electron chi connectivity index (χ1n) is 11.8. The van der Waals surface area contributed by atoms with Gasteiger partial charge in [0.25, 0.3) is 11.8 Å². The normalized spacial score (nSPS) is 16.2. The van der Waals surface area contributed by atoms with Gasteiger partial charge in [-0.15, -0.1) is 0 Å². The molecule has 6 nitrogen and oxygen atoms in total. The van der Waals surface area contributed by atoms with Crippen molar-refractivity contribution in [3.63, 3.8) is 0 Å². The van der Waals surface area contributed by atoms with Gasteiger partial charge in [-0.2, -0.15) is 0 Å². The number of carbonyl (C=O) groups excluding carboxylic acids is 3. The molecule has 1 fully saturated rings. The molecule has 0 bridgehead atoms. The van der Waals surface area contributed by atoms with Crippen LogP contribution in [0.1, 0.15) is 37.4 Å². The number of Topliss-reactive ketones (excluding diaryl/α,β-unsaturated/α-hetero) is 1. The minimum atomic E-state index is -0.148. The monoisotopic (exact) mass is 479 g/mol. The van der Waals surface area contributed by atoms with Crippen LogP contribution in [0.15, 0.2) is 90.0 Å². The van der Waals surface area contributed by atoms with Crippen molar-refractivity contribution in [2.24, 2.45) is 0 Å². The molecule has 2 amide bonds. The molecule has 6 heteroatoms. The number of hydrogen-bond donors (Lipinski definition) is 2. The maximum Gasteiger partial charge on any atom is 0.251 e. The van der Waals surface area contributed by atoms with Gasteiger partial charge in [0.2, 0.25) is 0 Å². The zero-order chi connectivity index (χ0) is 25.5. The van der Waals surface area contributed by atoms with Gasteiger partial charge in [-0.3, -0.25) is 19.3 Å². The van der Waals surface area contributed by atoms with Crippen LogP contribution in [-0.4, -0.2) is 49.7 Å². The highest BCUT2D eigenvalue weighted by molar-refractivity contribution is 6.14. The van der Waals surface area contributed by atoms with Gasteiger partial charge in [0.05, 0.1) is 0 Å². The van der Waals surface area contributed by atoms with Crippen LogP contribution in [0.25, 0.3) is 12.2 Å². The lowest BCUT2D eigenvalue weighted by Crippen LogP contribution is -2.37. The molecule has 0 radical (unpaired) electrons. The summed E-state index contributed by atoms with van der Waals surface area (Å²) in [6.45, 7) is 1.77. The number of benzene rings is 3. The largest absolute Gasteiger partial charge is 0.355 e. The van der Waals surface area contributed by atoms with Crippen LogP contribution >= 0.6 is 0 Å². The highest BCUT2D eigenvalue weighted by Gasteiger charge is 2.26. The summed E-state index contributed by atoms with van der Waals surface area (Å²) in [5.41, 5.74) is 5.43. The Hall–Kier alpha value is -4.29. The Morgan fingerprint density at radius 1 is 0.722 bits per heavy atom. The quantitative estimate of drug-likeness (QED) is 0.525. The molecule has 0 aromatic heterocycles. The standard InChI is InChI=1S/C30H29N3O3/c1-31-29(35)24-12-8-21(9-13-24)16-26-19-33(18-23-6-4-3-5-7-23)20-27(28(26)34)17-22-10-14-25(15-11-22)30(36)32-2/h3-17H,18-20H2,1-2H3,(H,31,35)(H,32,36)/b26-16-,27-17+. The molecule has 182 valence electrons. The first-order valence-corrected chi connectivity index (χ1v) is 11.8. The van der Waals surface area contributed by atoms with Crippen molar-refractivity contribution in [3.05, 3.63) is 118 Å². The van der Waals surface area contributed by atoms with Crippen molar-refractivity contribution in [1.82, 2.24) is 15.5 Å². The number of nitrogens with zero attached hydrogens (tertiary/aromatic N) is 1. The van der Waals surface area contributed by atoms with E-state index in [2.05, 4.69) is 27.7 Å². The predicted molar refractivity (Wildman–Crippen MR) is 142 cm³/mol. The third-order valence-corrected chi connectivity index (χ3v) is 6.10. The van der Waals surface area contributed by atoms with Crippen molar-refractivity contribution in [2.45, 2.75) is 6.54 Å². The van der Waals surface area contributed by atoms with Gasteiger partial charge in [-0.25, -0.2) is 0 Å². The average Bonchev–Trinajstić information content (AvgIpc) is 2.91. The predicted octanol–water partition coefficient (Wildman–Crippen LogP) is 3.96. The Bertz CT molecular complexity index is 1230. The molecule has 36 heavy (non-hydrogen) atoms. The Balaban J connectivity index is 1.64. The fourth-order valence-corrected chi connectivity index (χ4v) is 4.22. The van der Waals surface area contributed by atoms with Crippen LogP contribution in [0, 0.1) is 0 Å². The lowest BCUT2D eigenvalue weighted by Gasteiger charge is -2.30. The van der Waals surface area contributed by atoms with E-state index in [1.54, 1.807) is 38.4 Å². The maximum atomic E-state index is 13.5. The molecule has 0 aliphatic carbocycles. The number of likely N-dealkylation sites (tertiary alicyclic amines) is 1. The van der Waals surface area contributed by atoms with Gasteiger partial charge >= 0.3 is 0 Å². The van der Waals surface area contributed by atoms with E-state index in [4.69, 9.17) is 0 Å². The SMILES string of the molecule is CNC(=O)c1ccc(/C=C2/CN(Cc3ccccc3)C/C(=C\c3ccc(C(=O)NC)cc3)C2=O)cc1. The van der Waals surface area contributed by atoms with Gasteiger partial charge in [-0.05, 0) is 53.1 Å². The summed E-state index contributed by atoms with van der Waals surface area (Å²) in [6.07, 6.45) is 3.80. The fraction of sp³-hybridized carbons (Fsp3) is 0.167. The van der Waals surface area contributed by atoms with E-state index in [9.17, 15) is 14.4 Å². The summed E-state index contributed by atoms with van der Waals surface area (Å²) in [4.78, 5) is 39.4. The second kappa shape index (κ2) is 11.4. The van der Waals surface area contributed by atoms with Crippen molar-refractivity contribution < 1.29 is 14.4 Å². The van der Waals surface area contributed by atoms with E-state index in [1.807, 2.05) is 54.6 Å². The summed E-state index contributed by atoms with van der Waals surface area (Å²) in [5.74, 6) is -0.292. The molecular weight excluding hydrogens is 450 g/mol. The summed E-state index contributed by atoms with van der Waals surface area (Å²) in [7, 11) is 3.19. The van der Waals surface area contributed by atoms with Crippen LogP contribution in [0.2, 0.25) is 0 Å². The van der Waals surface area contributed by atoms with Crippen molar-refractivity contribution in [2.75, 3.05) is 27.2 Å². The Kier molecular flexibility index (Phi) is 7.88. The first-order chi connectivity index (χ1) is 17.5. The van der Waals surface area contributed by atoms with Crippen molar-refractivity contribution in [1.29, 1.82) is 0 Å². The highest BCUT2D eigenvalue weighted by atomic mass is 16.2. The second-order valence-electron chi connectivity index (χ2n) is 8.70. The van der Waals surface area contributed by atoms with Gasteiger partial charge in [-0.1, -0.05) is 54.6 Å². The lowest BCUT2D eigenvalue weighted by molar-refractivity contribution is -0.113. The number of rotatable bonds is 6. The van der Waals surface area contributed by atoms with Crippen LogP contribution in [0.5, 0.6) is 0 Å². The van der Waals surface area contributed by atoms with Gasteiger partial charge in [0, 0.05) is 56.0 Å². The number of hydrogen-bond acceptors (Lipinski definition) is 4. The van der Waals surface area contributed by atoms with Crippen LogP contribution in [0.3, 0.4) is 0 Å². The topological polar surface area (TPSA) is 78.5 Å². The molecule has 3 aromatic carbocycles. The molecule has 0 spiro atoms. The Morgan fingerprint density at radius 3 is 1.58 bits per heavy atom. The van der Waals surface area contributed by atoms with E-state index in [0.717, 1.165) is 11.1 Å².